The second kappa shape index (κ2) is 11.3. The third kappa shape index (κ3) is 7.03. The van der Waals surface area contributed by atoms with Crippen molar-refractivity contribution in [2.75, 3.05) is 4.90 Å². The number of benzene rings is 2. The van der Waals surface area contributed by atoms with E-state index in [1.54, 1.807) is 75.4 Å². The molecule has 0 aliphatic carbocycles. The van der Waals surface area contributed by atoms with E-state index in [2.05, 4.69) is 4.98 Å². The molecule has 2 N–H and O–H groups in total. The zero-order chi connectivity index (χ0) is 26.3. The monoisotopic (exact) mass is 486 g/mol. The number of rotatable bonds is 7. The summed E-state index contributed by atoms with van der Waals surface area (Å²) in [5.74, 6) is 0.135. The van der Waals surface area contributed by atoms with E-state index in [4.69, 9.17) is 20.0 Å². The quantitative estimate of drug-likeness (QED) is 0.470. The van der Waals surface area contributed by atoms with Gasteiger partial charge in [-0.3, -0.25) is 9.88 Å². The van der Waals surface area contributed by atoms with Crippen LogP contribution in [0.15, 0.2) is 60.8 Å². The Morgan fingerprint density at radius 2 is 1.58 bits per heavy atom. The summed E-state index contributed by atoms with van der Waals surface area (Å²) in [6.07, 6.45) is -1.04. The van der Waals surface area contributed by atoms with E-state index in [0.717, 1.165) is 5.56 Å². The Labute approximate surface area is 209 Å². The number of amides is 1. The molecule has 0 aliphatic heterocycles. The molecular formula is C27H26N4O5. The van der Waals surface area contributed by atoms with Gasteiger partial charge in [0.1, 0.15) is 23.7 Å². The minimum Gasteiger partial charge on any atom is -0.487 e. The maximum absolute atomic E-state index is 13.0. The van der Waals surface area contributed by atoms with Crippen LogP contribution in [0.5, 0.6) is 5.75 Å². The molecule has 9 nitrogen and oxygen atoms in total. The van der Waals surface area contributed by atoms with E-state index < -0.39 is 18.0 Å². The molecule has 0 saturated carbocycles. The Balaban J connectivity index is 1.89. The molecule has 1 heterocycles. The van der Waals surface area contributed by atoms with Gasteiger partial charge in [0.2, 0.25) is 0 Å². The zero-order valence-electron chi connectivity index (χ0n) is 20.2. The highest BCUT2D eigenvalue weighted by atomic mass is 16.6. The topological polar surface area (TPSA) is 140 Å². The number of nitriles is 2. The molecule has 0 atom stereocenters. The van der Waals surface area contributed by atoms with E-state index in [1.807, 2.05) is 12.1 Å². The van der Waals surface area contributed by atoms with Crippen LogP contribution in [-0.4, -0.2) is 26.9 Å². The molecule has 1 amide bonds. The van der Waals surface area contributed by atoms with E-state index in [1.165, 1.54) is 11.1 Å². The van der Waals surface area contributed by atoms with Crippen molar-refractivity contribution in [1.82, 2.24) is 4.98 Å². The average Bonchev–Trinajstić information content (AvgIpc) is 2.85. The molecular weight excluding hydrogens is 460 g/mol. The van der Waals surface area contributed by atoms with Gasteiger partial charge in [-0.25, -0.2) is 4.79 Å². The van der Waals surface area contributed by atoms with Gasteiger partial charge in [0.15, 0.2) is 6.29 Å². The van der Waals surface area contributed by atoms with Crippen LogP contribution in [0.4, 0.5) is 10.5 Å². The van der Waals surface area contributed by atoms with Crippen molar-refractivity contribution in [1.29, 1.82) is 10.5 Å². The third-order valence-corrected chi connectivity index (χ3v) is 4.92. The van der Waals surface area contributed by atoms with Crippen LogP contribution in [0.2, 0.25) is 0 Å². The van der Waals surface area contributed by atoms with Crippen molar-refractivity contribution in [2.24, 2.45) is 0 Å². The van der Waals surface area contributed by atoms with Crippen molar-refractivity contribution in [2.45, 2.75) is 45.8 Å². The first-order chi connectivity index (χ1) is 17.1. The normalized spacial score (nSPS) is 10.9. The summed E-state index contributed by atoms with van der Waals surface area (Å²) in [6, 6.07) is 18.9. The van der Waals surface area contributed by atoms with E-state index >= 15 is 0 Å². The van der Waals surface area contributed by atoms with Gasteiger partial charge in [0.05, 0.1) is 29.8 Å². The second-order valence-corrected chi connectivity index (χ2v) is 8.92. The molecule has 2 aromatic carbocycles. The number of hydrogen-bond acceptors (Lipinski definition) is 8. The van der Waals surface area contributed by atoms with Crippen LogP contribution in [0, 0.1) is 22.7 Å². The first-order valence-corrected chi connectivity index (χ1v) is 11.1. The van der Waals surface area contributed by atoms with Crippen LogP contribution in [0.1, 0.15) is 55.0 Å². The molecule has 0 saturated heterocycles. The highest BCUT2D eigenvalue weighted by Crippen LogP contribution is 2.27. The summed E-state index contributed by atoms with van der Waals surface area (Å²) in [7, 11) is 0. The maximum Gasteiger partial charge on any atom is 0.415 e. The average molecular weight is 487 g/mol. The summed E-state index contributed by atoms with van der Waals surface area (Å²) in [6.45, 7) is 5.42. The molecule has 9 heteroatoms. The third-order valence-electron chi connectivity index (χ3n) is 4.92. The number of aliphatic hydroxyl groups excluding tert-OH is 1. The Morgan fingerprint density at radius 3 is 2.11 bits per heavy atom. The van der Waals surface area contributed by atoms with Gasteiger partial charge >= 0.3 is 6.09 Å². The first-order valence-electron chi connectivity index (χ1n) is 11.1. The molecule has 0 spiro atoms. The number of carbonyl (C=O) groups excluding carboxylic acids is 1. The summed E-state index contributed by atoms with van der Waals surface area (Å²) < 4.78 is 11.4. The fourth-order valence-electron chi connectivity index (χ4n) is 3.21. The molecule has 3 aromatic rings. The van der Waals surface area contributed by atoms with Gasteiger partial charge in [-0.2, -0.15) is 10.5 Å². The minimum atomic E-state index is -1.87. The summed E-state index contributed by atoms with van der Waals surface area (Å²) in [5.41, 5.74) is 1.98. The highest BCUT2D eigenvalue weighted by molar-refractivity contribution is 5.87. The number of nitrogens with zero attached hydrogens (tertiary/aromatic N) is 4. The predicted molar refractivity (Wildman–Crippen MR) is 130 cm³/mol. The first kappa shape index (κ1) is 26.2. The number of ether oxygens (including phenoxy) is 2. The number of aliphatic hydroxyl groups is 2. The summed E-state index contributed by atoms with van der Waals surface area (Å²) in [5, 5.41) is 37.5. The van der Waals surface area contributed by atoms with Crippen molar-refractivity contribution in [3.05, 3.63) is 88.7 Å². The predicted octanol–water partition coefficient (Wildman–Crippen LogP) is 4.33. The Morgan fingerprint density at radius 1 is 1.00 bits per heavy atom. The molecule has 0 unspecified atom stereocenters. The number of anilines is 1. The van der Waals surface area contributed by atoms with E-state index in [9.17, 15) is 15.0 Å². The molecule has 0 fully saturated rings. The van der Waals surface area contributed by atoms with Crippen LogP contribution in [0.25, 0.3) is 0 Å². The lowest BCUT2D eigenvalue weighted by molar-refractivity contribution is -0.0478. The van der Waals surface area contributed by atoms with Crippen LogP contribution in [0.3, 0.4) is 0 Å². The SMILES string of the molecule is CC(C)(C)OC(=O)N(Cc1cnc(C(O)O)c(OCc2ccc(C#N)cc2)c1)c1ccc(C#N)cc1. The smallest absolute Gasteiger partial charge is 0.415 e. The van der Waals surface area contributed by atoms with E-state index in [0.29, 0.717) is 22.4 Å². The molecule has 1 aromatic heterocycles. The van der Waals surface area contributed by atoms with Gasteiger partial charge in [0, 0.05) is 11.9 Å². The number of pyridine rings is 1. The lowest BCUT2D eigenvalue weighted by Gasteiger charge is -2.27. The fourth-order valence-corrected chi connectivity index (χ4v) is 3.21. The second-order valence-electron chi connectivity index (χ2n) is 8.92. The standard InChI is InChI=1S/C27H26N4O5/c1-27(2,3)36-26(34)31(22-10-8-19(14-29)9-11-22)16-21-12-23(24(25(32)33)30-15-21)35-17-20-6-4-18(13-28)5-7-20/h4-12,15,25,32-33H,16-17H2,1-3H3. The Kier molecular flexibility index (Phi) is 8.23. The van der Waals surface area contributed by atoms with Crippen molar-refractivity contribution >= 4 is 11.8 Å². The van der Waals surface area contributed by atoms with E-state index in [-0.39, 0.29) is 24.6 Å². The molecule has 184 valence electrons. The van der Waals surface area contributed by atoms with Crippen LogP contribution in [-0.2, 0) is 17.9 Å². The van der Waals surface area contributed by atoms with Gasteiger partial charge in [-0.1, -0.05) is 12.1 Å². The van der Waals surface area contributed by atoms with Gasteiger partial charge in [-0.05, 0) is 74.4 Å². The Bertz CT molecular complexity index is 1280. The van der Waals surface area contributed by atoms with Crippen molar-refractivity contribution in [3.63, 3.8) is 0 Å². The van der Waals surface area contributed by atoms with Crippen molar-refractivity contribution < 1.29 is 24.5 Å². The molecule has 0 radical (unpaired) electrons. The fraction of sp³-hybridized carbons (Fsp3) is 0.259. The van der Waals surface area contributed by atoms with Gasteiger partial charge in [0.25, 0.3) is 0 Å². The number of aromatic nitrogens is 1. The largest absolute Gasteiger partial charge is 0.487 e. The van der Waals surface area contributed by atoms with Crippen LogP contribution < -0.4 is 9.64 Å². The van der Waals surface area contributed by atoms with Crippen LogP contribution >= 0.6 is 0 Å². The van der Waals surface area contributed by atoms with Gasteiger partial charge < -0.3 is 19.7 Å². The summed E-state index contributed by atoms with van der Waals surface area (Å²) >= 11 is 0. The highest BCUT2D eigenvalue weighted by Gasteiger charge is 2.25. The minimum absolute atomic E-state index is 0.0445. The molecule has 0 aliphatic rings. The Hall–Kier alpha value is -4.44. The maximum atomic E-state index is 13.0. The molecule has 36 heavy (non-hydrogen) atoms. The molecule has 0 bridgehead atoms. The number of hydrogen-bond donors (Lipinski definition) is 2. The lowest BCUT2D eigenvalue weighted by Crippen LogP contribution is -2.36. The summed E-state index contributed by atoms with van der Waals surface area (Å²) in [4.78, 5) is 18.6. The lowest BCUT2D eigenvalue weighted by atomic mass is 10.1. The number of carbonyl (C=O) groups is 1. The van der Waals surface area contributed by atoms with Gasteiger partial charge in [-0.15, -0.1) is 0 Å². The molecule has 3 rings (SSSR count). The van der Waals surface area contributed by atoms with Crippen molar-refractivity contribution in [3.8, 4) is 17.9 Å². The zero-order valence-corrected chi connectivity index (χ0v) is 20.2.